The van der Waals surface area contributed by atoms with Crippen LogP contribution in [-0.2, 0) is 40.7 Å². The van der Waals surface area contributed by atoms with Crippen LogP contribution in [0.1, 0.15) is 12.8 Å². The van der Waals surface area contributed by atoms with E-state index < -0.39 is 0 Å². The van der Waals surface area contributed by atoms with Crippen molar-refractivity contribution >= 4 is 0 Å². The number of hydrogen-bond donors (Lipinski definition) is 0. The Hall–Kier alpha value is 0.554. The van der Waals surface area contributed by atoms with Crippen molar-refractivity contribution in [3.8, 4) is 0 Å². The van der Waals surface area contributed by atoms with Crippen molar-refractivity contribution in [1.29, 1.82) is 0 Å². The van der Waals surface area contributed by atoms with Crippen molar-refractivity contribution in [1.82, 2.24) is 0 Å². The topological polar surface area (TPSA) is 40.2 Å². The van der Waals surface area contributed by atoms with Crippen LogP contribution in [0.25, 0.3) is 0 Å². The number of hydrogen-bond acceptors (Lipinski definition) is 4. The molecule has 4 nitrogen and oxygen atoms in total. The minimum absolute atomic E-state index is 0. The van der Waals surface area contributed by atoms with Gasteiger partial charge in [0.15, 0.2) is 0 Å². The minimum atomic E-state index is 0. The van der Waals surface area contributed by atoms with E-state index in [4.69, 9.17) is 18.9 Å². The molecule has 0 N–H and O–H groups in total. The molecule has 0 aromatic heterocycles. The molecule has 0 bridgehead atoms. The molecule has 1 aliphatic rings. The first kappa shape index (κ1) is 14.6. The predicted octanol–water partition coefficient (Wildman–Crippen LogP) is 0.962. The summed E-state index contributed by atoms with van der Waals surface area (Å²) in [6, 6.07) is 0. The molecule has 0 saturated carbocycles. The SMILES string of the molecule is CO[C-](CCCOCC1CO1)OC.[Ti]. The zero-order valence-corrected chi connectivity index (χ0v) is 10.3. The Morgan fingerprint density at radius 2 is 2.00 bits per heavy atom. The Bertz CT molecular complexity index is 126. The fourth-order valence-corrected chi connectivity index (χ4v) is 0.985. The number of ether oxygens (including phenoxy) is 4. The first-order chi connectivity index (χ1) is 6.36. The van der Waals surface area contributed by atoms with Gasteiger partial charge in [0.1, 0.15) is 6.10 Å². The van der Waals surface area contributed by atoms with Gasteiger partial charge >= 0.3 is 0 Å². The molecule has 14 heavy (non-hydrogen) atoms. The van der Waals surface area contributed by atoms with Crippen LogP contribution in [0.15, 0.2) is 0 Å². The van der Waals surface area contributed by atoms with Crippen molar-refractivity contribution in [2.75, 3.05) is 34.0 Å². The number of rotatable bonds is 8. The fourth-order valence-electron chi connectivity index (χ4n) is 0.985. The third-order valence-electron chi connectivity index (χ3n) is 1.83. The predicted molar refractivity (Wildman–Crippen MR) is 47.1 cm³/mol. The second-order valence-corrected chi connectivity index (χ2v) is 2.91. The smallest absolute Gasteiger partial charge is 0.104 e. The van der Waals surface area contributed by atoms with E-state index in [1.54, 1.807) is 14.2 Å². The maximum Gasteiger partial charge on any atom is 0.104 e. The van der Waals surface area contributed by atoms with Crippen molar-refractivity contribution in [3.05, 3.63) is 6.29 Å². The molecule has 0 spiro atoms. The first-order valence-corrected chi connectivity index (χ1v) is 4.50. The molecule has 0 aromatic carbocycles. The normalized spacial score (nSPS) is 19.5. The zero-order valence-electron chi connectivity index (χ0n) is 8.75. The number of methoxy groups -OCH3 is 2. The minimum Gasteiger partial charge on any atom is -0.524 e. The van der Waals surface area contributed by atoms with Crippen LogP contribution in [0.3, 0.4) is 0 Å². The van der Waals surface area contributed by atoms with Gasteiger partial charge in [0, 0.05) is 42.5 Å². The van der Waals surface area contributed by atoms with E-state index in [0.717, 1.165) is 32.7 Å². The van der Waals surface area contributed by atoms with E-state index in [1.807, 2.05) is 0 Å². The zero-order chi connectivity index (χ0) is 9.52. The van der Waals surface area contributed by atoms with E-state index >= 15 is 0 Å². The Kier molecular flexibility index (Phi) is 9.18. The summed E-state index contributed by atoms with van der Waals surface area (Å²) in [5.41, 5.74) is 0. The van der Waals surface area contributed by atoms with E-state index in [-0.39, 0.29) is 21.7 Å². The summed E-state index contributed by atoms with van der Waals surface area (Å²) in [4.78, 5) is 0. The van der Waals surface area contributed by atoms with Crippen LogP contribution in [0.2, 0.25) is 0 Å². The van der Waals surface area contributed by atoms with Crippen molar-refractivity contribution in [2.45, 2.75) is 18.9 Å². The van der Waals surface area contributed by atoms with Gasteiger partial charge in [-0.15, -0.1) is 6.42 Å². The monoisotopic (exact) mass is 237 g/mol. The van der Waals surface area contributed by atoms with E-state index in [2.05, 4.69) is 0 Å². The van der Waals surface area contributed by atoms with Gasteiger partial charge in [-0.25, -0.2) is 0 Å². The van der Waals surface area contributed by atoms with Crippen LogP contribution in [-0.4, -0.2) is 40.1 Å². The van der Waals surface area contributed by atoms with E-state index in [0.29, 0.717) is 12.4 Å². The Morgan fingerprint density at radius 3 is 2.50 bits per heavy atom. The molecule has 1 rings (SSSR count). The summed E-state index contributed by atoms with van der Waals surface area (Å²) in [5, 5.41) is 0. The van der Waals surface area contributed by atoms with Crippen LogP contribution < -0.4 is 0 Å². The average Bonchev–Trinajstić information content (AvgIpc) is 2.95. The Morgan fingerprint density at radius 1 is 1.36 bits per heavy atom. The van der Waals surface area contributed by atoms with Gasteiger partial charge < -0.3 is 18.9 Å². The van der Waals surface area contributed by atoms with Crippen LogP contribution in [0.4, 0.5) is 0 Å². The van der Waals surface area contributed by atoms with Gasteiger partial charge in [-0.3, -0.25) is 0 Å². The van der Waals surface area contributed by atoms with Crippen LogP contribution in [0.5, 0.6) is 0 Å². The summed E-state index contributed by atoms with van der Waals surface area (Å²) in [7, 11) is 3.22. The second kappa shape index (κ2) is 8.83. The standard InChI is InChI=1S/C9H17O4.Ti/c1-10-9(11-2)4-3-5-12-6-8-7-13-8;/h8H,3-7H2,1-2H3;/q-1;. The summed E-state index contributed by atoms with van der Waals surface area (Å²) in [5.74, 6) is 0. The third-order valence-corrected chi connectivity index (χ3v) is 1.83. The molecule has 1 saturated heterocycles. The average molecular weight is 237 g/mol. The van der Waals surface area contributed by atoms with Gasteiger partial charge in [0.25, 0.3) is 0 Å². The second-order valence-electron chi connectivity index (χ2n) is 2.91. The molecular formula is C9H17O4Ti-. The van der Waals surface area contributed by atoms with Crippen LogP contribution in [0, 0.1) is 6.29 Å². The van der Waals surface area contributed by atoms with Crippen molar-refractivity contribution < 1.29 is 40.7 Å². The quantitative estimate of drug-likeness (QED) is 0.273. The summed E-state index contributed by atoms with van der Waals surface area (Å²) < 4.78 is 20.3. The fraction of sp³-hybridized carbons (Fsp3) is 0.889. The molecule has 82 valence electrons. The molecule has 1 unspecified atom stereocenters. The first-order valence-electron chi connectivity index (χ1n) is 4.50. The molecule has 5 heteroatoms. The third kappa shape index (κ3) is 6.93. The van der Waals surface area contributed by atoms with Crippen LogP contribution >= 0.6 is 0 Å². The molecule has 1 atom stereocenters. The molecule has 1 heterocycles. The molecule has 0 radical (unpaired) electrons. The summed E-state index contributed by atoms with van der Waals surface area (Å²) in [6.07, 6.45) is 2.72. The summed E-state index contributed by atoms with van der Waals surface area (Å²) >= 11 is 0. The molecular weight excluding hydrogens is 220 g/mol. The Labute approximate surface area is 100 Å². The molecule has 1 fully saturated rings. The van der Waals surface area contributed by atoms with E-state index in [9.17, 15) is 0 Å². The van der Waals surface area contributed by atoms with Gasteiger partial charge in [-0.1, -0.05) is 12.7 Å². The van der Waals surface area contributed by atoms with Crippen molar-refractivity contribution in [2.24, 2.45) is 0 Å². The Balaban J connectivity index is 0.00000169. The largest absolute Gasteiger partial charge is 0.524 e. The van der Waals surface area contributed by atoms with E-state index in [1.165, 1.54) is 0 Å². The molecule has 0 aromatic rings. The van der Waals surface area contributed by atoms with Gasteiger partial charge in [0.05, 0.1) is 13.2 Å². The summed E-state index contributed by atoms with van der Waals surface area (Å²) in [6.45, 7) is 2.30. The number of epoxide rings is 1. The molecule has 1 aliphatic heterocycles. The van der Waals surface area contributed by atoms with Gasteiger partial charge in [-0.05, 0) is 0 Å². The maximum absolute atomic E-state index is 5.35. The van der Waals surface area contributed by atoms with Gasteiger partial charge in [0.2, 0.25) is 0 Å². The van der Waals surface area contributed by atoms with Crippen molar-refractivity contribution in [3.63, 3.8) is 0 Å². The molecule has 0 amide bonds. The van der Waals surface area contributed by atoms with Gasteiger partial charge in [-0.2, -0.15) is 0 Å². The molecule has 0 aliphatic carbocycles. The maximum atomic E-state index is 5.35.